The molecule has 31 heavy (non-hydrogen) atoms. The Bertz CT molecular complexity index is 1120. The van der Waals surface area contributed by atoms with E-state index >= 15 is 0 Å². The summed E-state index contributed by atoms with van der Waals surface area (Å²) in [4.78, 5) is 35.1. The maximum atomic E-state index is 13.0. The number of fused-ring (bicyclic) bond motifs is 1. The van der Waals surface area contributed by atoms with Crippen molar-refractivity contribution in [2.75, 3.05) is 13.1 Å². The first kappa shape index (κ1) is 20.1. The molecule has 2 fully saturated rings. The lowest BCUT2D eigenvalue weighted by molar-refractivity contribution is -0.122. The maximum Gasteiger partial charge on any atom is 0.282 e. The smallest absolute Gasteiger partial charge is 0.282 e. The second kappa shape index (κ2) is 7.40. The number of benzene rings is 1. The lowest BCUT2D eigenvalue weighted by atomic mass is 10.1. The van der Waals surface area contributed by atoms with Crippen LogP contribution >= 0.6 is 11.3 Å². The van der Waals surface area contributed by atoms with Crippen molar-refractivity contribution < 1.29 is 18.4 Å². The molecule has 0 bridgehead atoms. The Labute approximate surface area is 181 Å². The maximum absolute atomic E-state index is 13.0. The number of H-pyrrole nitrogens is 1. The number of likely N-dealkylation sites (tertiary alicyclic amines) is 1. The number of hydrogen-bond donors (Lipinski definition) is 2. The van der Waals surface area contributed by atoms with Crippen LogP contribution in [0, 0.1) is 5.92 Å². The molecule has 1 saturated carbocycles. The number of rotatable bonds is 6. The Morgan fingerprint density at radius 2 is 2.06 bits per heavy atom. The van der Waals surface area contributed by atoms with E-state index < -0.39 is 19.0 Å². The highest BCUT2D eigenvalue weighted by molar-refractivity contribution is 7.14. The molecule has 1 aromatic carbocycles. The molecule has 6 nitrogen and oxygen atoms in total. The van der Waals surface area contributed by atoms with Crippen molar-refractivity contribution in [3.05, 3.63) is 52.0 Å². The fourth-order valence-corrected chi connectivity index (χ4v) is 5.06. The molecule has 1 aliphatic carbocycles. The number of carbonyl (C=O) groups is 2. The van der Waals surface area contributed by atoms with Crippen molar-refractivity contribution in [1.82, 2.24) is 20.2 Å². The average molecular weight is 445 g/mol. The van der Waals surface area contributed by atoms with Crippen molar-refractivity contribution in [3.8, 4) is 0 Å². The molecule has 2 N–H and O–H groups in total. The van der Waals surface area contributed by atoms with Gasteiger partial charge in [0.2, 0.25) is 5.91 Å². The SMILES string of the molecule is C[C@@H](NC(=O)C[C@H]1C[C@H]1c1nc2ccccc2[nH]1)c1ccc(C(=O)N2CC(F)(F)C2)s1. The van der Waals surface area contributed by atoms with Gasteiger partial charge in [-0.2, -0.15) is 0 Å². The molecule has 0 radical (unpaired) electrons. The standard InChI is InChI=1S/C22H22F2N4O2S/c1-12(17-6-7-18(31-17)21(30)28-10-22(23,24)11-28)25-19(29)9-13-8-14(13)20-26-15-4-2-3-5-16(15)27-20/h2-7,12-14H,8-11H2,1H3,(H,25,29)(H,26,27)/t12-,13-,14-/m1/s1. The quantitative estimate of drug-likeness (QED) is 0.601. The number of carbonyl (C=O) groups excluding carboxylic acids is 2. The van der Waals surface area contributed by atoms with E-state index in [1.54, 1.807) is 12.1 Å². The van der Waals surface area contributed by atoms with Crippen molar-refractivity contribution in [2.45, 2.75) is 37.6 Å². The van der Waals surface area contributed by atoms with Crippen LogP contribution in [-0.2, 0) is 4.79 Å². The van der Waals surface area contributed by atoms with E-state index in [4.69, 9.17) is 0 Å². The summed E-state index contributed by atoms with van der Waals surface area (Å²) >= 11 is 1.24. The van der Waals surface area contributed by atoms with Crippen molar-refractivity contribution in [1.29, 1.82) is 0 Å². The number of para-hydroxylation sites is 2. The van der Waals surface area contributed by atoms with E-state index in [0.717, 1.165) is 33.1 Å². The molecular weight excluding hydrogens is 422 g/mol. The molecule has 1 aliphatic heterocycles. The number of nitrogens with zero attached hydrogens (tertiary/aromatic N) is 2. The summed E-state index contributed by atoms with van der Waals surface area (Å²) in [6, 6.07) is 11.0. The molecule has 0 unspecified atom stereocenters. The van der Waals surface area contributed by atoms with Crippen molar-refractivity contribution in [2.24, 2.45) is 5.92 Å². The Morgan fingerprint density at radius 1 is 1.29 bits per heavy atom. The average Bonchev–Trinajstić information content (AvgIpc) is 3.13. The zero-order chi connectivity index (χ0) is 21.8. The lowest BCUT2D eigenvalue weighted by Crippen LogP contribution is -2.58. The summed E-state index contributed by atoms with van der Waals surface area (Å²) in [6.07, 6.45) is 1.35. The van der Waals surface area contributed by atoms with Crippen LogP contribution in [0.25, 0.3) is 11.0 Å². The van der Waals surface area contributed by atoms with Crippen LogP contribution in [0.4, 0.5) is 8.78 Å². The van der Waals surface area contributed by atoms with Crippen molar-refractivity contribution >= 4 is 34.2 Å². The van der Waals surface area contributed by atoms with E-state index in [-0.39, 0.29) is 29.7 Å². The molecular formula is C22H22F2N4O2S. The number of halogens is 2. The van der Waals surface area contributed by atoms with E-state index in [2.05, 4.69) is 15.3 Å². The third kappa shape index (κ3) is 4.06. The molecule has 3 aromatic rings. The Balaban J connectivity index is 1.13. The van der Waals surface area contributed by atoms with E-state index in [0.29, 0.717) is 11.3 Å². The Morgan fingerprint density at radius 3 is 2.81 bits per heavy atom. The van der Waals surface area contributed by atoms with Crippen LogP contribution < -0.4 is 5.32 Å². The predicted molar refractivity (Wildman–Crippen MR) is 113 cm³/mol. The summed E-state index contributed by atoms with van der Waals surface area (Å²) < 4.78 is 26.0. The highest BCUT2D eigenvalue weighted by Crippen LogP contribution is 2.48. The lowest BCUT2D eigenvalue weighted by Gasteiger charge is -2.38. The Kier molecular flexibility index (Phi) is 4.80. The molecule has 3 atom stereocenters. The highest BCUT2D eigenvalue weighted by atomic mass is 32.1. The van der Waals surface area contributed by atoms with E-state index in [1.807, 2.05) is 31.2 Å². The van der Waals surface area contributed by atoms with Gasteiger partial charge in [0.15, 0.2) is 0 Å². The highest BCUT2D eigenvalue weighted by Gasteiger charge is 2.46. The first-order valence-corrected chi connectivity index (χ1v) is 11.1. The summed E-state index contributed by atoms with van der Waals surface area (Å²) in [5.41, 5.74) is 1.94. The summed E-state index contributed by atoms with van der Waals surface area (Å²) in [5.74, 6) is -1.73. The van der Waals surface area contributed by atoms with Gasteiger partial charge in [0.1, 0.15) is 5.82 Å². The van der Waals surface area contributed by atoms with Crippen molar-refractivity contribution in [3.63, 3.8) is 0 Å². The fourth-order valence-electron chi connectivity index (χ4n) is 4.08. The number of nitrogens with one attached hydrogen (secondary N) is 2. The predicted octanol–water partition coefficient (Wildman–Crippen LogP) is 4.09. The number of imidazole rings is 1. The summed E-state index contributed by atoms with van der Waals surface area (Å²) in [5, 5.41) is 2.98. The van der Waals surface area contributed by atoms with E-state index in [9.17, 15) is 18.4 Å². The second-order valence-corrected chi connectivity index (χ2v) is 9.57. The van der Waals surface area contributed by atoms with Crippen LogP contribution in [-0.4, -0.2) is 45.7 Å². The minimum Gasteiger partial charge on any atom is -0.349 e. The normalized spacial score (nSPS) is 22.7. The first-order chi connectivity index (χ1) is 14.8. The molecule has 5 rings (SSSR count). The number of aromatic nitrogens is 2. The number of amides is 2. The third-order valence-electron chi connectivity index (χ3n) is 5.90. The first-order valence-electron chi connectivity index (χ1n) is 10.3. The molecule has 2 aromatic heterocycles. The van der Waals surface area contributed by atoms with Gasteiger partial charge in [0.25, 0.3) is 11.8 Å². The minimum atomic E-state index is -2.78. The van der Waals surface area contributed by atoms with Crippen LogP contribution in [0.5, 0.6) is 0 Å². The molecule has 2 aliphatic rings. The van der Waals surface area contributed by atoms with Gasteiger partial charge < -0.3 is 15.2 Å². The fraction of sp³-hybridized carbons (Fsp3) is 0.409. The third-order valence-corrected chi connectivity index (χ3v) is 7.16. The zero-order valence-electron chi connectivity index (χ0n) is 16.9. The van der Waals surface area contributed by atoms with Gasteiger partial charge in [-0.1, -0.05) is 12.1 Å². The summed E-state index contributed by atoms with van der Waals surface area (Å²) in [6.45, 7) is 0.803. The van der Waals surface area contributed by atoms with Crippen LogP contribution in [0.2, 0.25) is 0 Å². The van der Waals surface area contributed by atoms with Gasteiger partial charge in [-0.3, -0.25) is 9.59 Å². The topological polar surface area (TPSA) is 78.1 Å². The van der Waals surface area contributed by atoms with Crippen LogP contribution in [0.1, 0.15) is 52.1 Å². The Hall–Kier alpha value is -2.81. The largest absolute Gasteiger partial charge is 0.349 e. The van der Waals surface area contributed by atoms with Gasteiger partial charge in [-0.05, 0) is 43.5 Å². The molecule has 162 valence electrons. The number of thiophene rings is 1. The van der Waals surface area contributed by atoms with Gasteiger partial charge in [-0.15, -0.1) is 11.3 Å². The van der Waals surface area contributed by atoms with Gasteiger partial charge >= 0.3 is 0 Å². The number of hydrogen-bond acceptors (Lipinski definition) is 4. The monoisotopic (exact) mass is 444 g/mol. The molecule has 3 heterocycles. The van der Waals surface area contributed by atoms with Gasteiger partial charge in [0.05, 0.1) is 35.0 Å². The van der Waals surface area contributed by atoms with Crippen LogP contribution in [0.15, 0.2) is 36.4 Å². The number of aromatic amines is 1. The van der Waals surface area contributed by atoms with E-state index in [1.165, 1.54) is 11.3 Å². The molecule has 0 spiro atoms. The van der Waals surface area contributed by atoms with Gasteiger partial charge in [-0.25, -0.2) is 13.8 Å². The molecule has 9 heteroatoms. The van der Waals surface area contributed by atoms with Gasteiger partial charge in [0, 0.05) is 17.2 Å². The number of alkyl halides is 2. The summed E-state index contributed by atoms with van der Waals surface area (Å²) in [7, 11) is 0. The second-order valence-electron chi connectivity index (χ2n) is 8.45. The zero-order valence-corrected chi connectivity index (χ0v) is 17.7. The minimum absolute atomic E-state index is 0.0419. The molecule has 2 amide bonds. The molecule has 1 saturated heterocycles. The van der Waals surface area contributed by atoms with Crippen LogP contribution in [0.3, 0.4) is 0 Å².